The molecular formula is C18H21N3O. The van der Waals surface area contributed by atoms with E-state index in [1.54, 1.807) is 12.4 Å². The van der Waals surface area contributed by atoms with Crippen LogP contribution in [0.25, 0.3) is 0 Å². The zero-order chi connectivity index (χ0) is 15.5. The van der Waals surface area contributed by atoms with Crippen molar-refractivity contribution in [2.24, 2.45) is 0 Å². The predicted octanol–water partition coefficient (Wildman–Crippen LogP) is 3.12. The van der Waals surface area contributed by atoms with Crippen LogP contribution in [0.4, 0.5) is 5.69 Å². The Hall–Kier alpha value is -2.36. The maximum Gasteiger partial charge on any atom is 0.254 e. The first-order valence-corrected chi connectivity index (χ1v) is 7.65. The van der Waals surface area contributed by atoms with E-state index in [0.717, 1.165) is 30.6 Å². The molecule has 2 aromatic rings. The number of pyridine rings is 1. The fourth-order valence-electron chi connectivity index (χ4n) is 3.02. The Labute approximate surface area is 131 Å². The molecule has 0 aliphatic carbocycles. The van der Waals surface area contributed by atoms with Crippen LogP contribution in [-0.2, 0) is 0 Å². The van der Waals surface area contributed by atoms with Crippen molar-refractivity contribution < 1.29 is 4.79 Å². The molecule has 0 spiro atoms. The van der Waals surface area contributed by atoms with E-state index in [4.69, 9.17) is 0 Å². The minimum atomic E-state index is 0.114. The van der Waals surface area contributed by atoms with Gasteiger partial charge in [0, 0.05) is 44.3 Å². The average molecular weight is 295 g/mol. The highest BCUT2D eigenvalue weighted by Crippen LogP contribution is 2.33. The van der Waals surface area contributed by atoms with Crippen LogP contribution in [0.2, 0.25) is 0 Å². The monoisotopic (exact) mass is 295 g/mol. The molecule has 22 heavy (non-hydrogen) atoms. The molecule has 4 heteroatoms. The molecule has 0 bridgehead atoms. The first-order valence-electron chi connectivity index (χ1n) is 7.65. The molecule has 0 N–H and O–H groups in total. The van der Waals surface area contributed by atoms with Crippen LogP contribution in [0.15, 0.2) is 48.8 Å². The summed E-state index contributed by atoms with van der Waals surface area (Å²) in [5.74, 6) is 0.114. The van der Waals surface area contributed by atoms with E-state index < -0.39 is 0 Å². The smallest absolute Gasteiger partial charge is 0.254 e. The third-order valence-corrected chi connectivity index (χ3v) is 4.21. The Morgan fingerprint density at radius 2 is 2.00 bits per heavy atom. The van der Waals surface area contributed by atoms with Gasteiger partial charge in [-0.15, -0.1) is 0 Å². The van der Waals surface area contributed by atoms with Gasteiger partial charge in [-0.3, -0.25) is 9.78 Å². The van der Waals surface area contributed by atoms with Gasteiger partial charge >= 0.3 is 0 Å². The summed E-state index contributed by atoms with van der Waals surface area (Å²) in [7, 11) is 3.97. The Bertz CT molecular complexity index is 654. The highest BCUT2D eigenvalue weighted by Gasteiger charge is 2.30. The van der Waals surface area contributed by atoms with Crippen molar-refractivity contribution in [2.45, 2.75) is 18.9 Å². The maximum absolute atomic E-state index is 12.9. The average Bonchev–Trinajstić information content (AvgIpc) is 3.04. The molecule has 114 valence electrons. The molecule has 1 unspecified atom stereocenters. The van der Waals surface area contributed by atoms with E-state index >= 15 is 0 Å². The van der Waals surface area contributed by atoms with Crippen molar-refractivity contribution in [2.75, 3.05) is 25.5 Å². The summed E-state index contributed by atoms with van der Waals surface area (Å²) in [6.07, 6.45) is 5.65. The molecule has 1 aromatic carbocycles. The summed E-state index contributed by atoms with van der Waals surface area (Å²) in [6.45, 7) is 0.817. The molecule has 1 saturated heterocycles. The van der Waals surface area contributed by atoms with Crippen LogP contribution in [0.1, 0.15) is 34.8 Å². The summed E-state index contributed by atoms with van der Waals surface area (Å²) in [4.78, 5) is 21.0. The Kier molecular flexibility index (Phi) is 4.09. The lowest BCUT2D eigenvalue weighted by molar-refractivity contribution is 0.0735. The summed E-state index contributed by atoms with van der Waals surface area (Å²) in [5, 5.41) is 0. The fraction of sp³-hybridized carbons (Fsp3) is 0.333. The number of carbonyl (C=O) groups is 1. The van der Waals surface area contributed by atoms with E-state index in [-0.39, 0.29) is 11.9 Å². The van der Waals surface area contributed by atoms with E-state index in [1.165, 1.54) is 5.56 Å². The van der Waals surface area contributed by atoms with Gasteiger partial charge in [0.2, 0.25) is 0 Å². The molecule has 0 saturated carbocycles. The molecule has 0 radical (unpaired) electrons. The zero-order valence-corrected chi connectivity index (χ0v) is 13.1. The van der Waals surface area contributed by atoms with Crippen molar-refractivity contribution in [1.82, 2.24) is 9.88 Å². The zero-order valence-electron chi connectivity index (χ0n) is 13.1. The molecular weight excluding hydrogens is 274 g/mol. The van der Waals surface area contributed by atoms with Crippen LogP contribution in [-0.4, -0.2) is 36.4 Å². The number of rotatable bonds is 3. The van der Waals surface area contributed by atoms with E-state index in [2.05, 4.69) is 4.98 Å². The van der Waals surface area contributed by atoms with Crippen molar-refractivity contribution in [3.05, 3.63) is 59.9 Å². The SMILES string of the molecule is CN(C)c1cccc(C(=O)N2CCCC2c2ccncc2)c1. The molecule has 1 aromatic heterocycles. The standard InChI is InChI=1S/C18H21N3O/c1-20(2)16-6-3-5-15(13-16)18(22)21-12-4-7-17(21)14-8-10-19-11-9-14/h3,5-6,8-11,13,17H,4,7,12H2,1-2H3. The van der Waals surface area contributed by atoms with Gasteiger partial charge < -0.3 is 9.80 Å². The second kappa shape index (κ2) is 6.18. The molecule has 1 amide bonds. The number of benzene rings is 1. The van der Waals surface area contributed by atoms with Gasteiger partial charge in [-0.25, -0.2) is 0 Å². The van der Waals surface area contributed by atoms with Crippen LogP contribution in [0.3, 0.4) is 0 Å². The third-order valence-electron chi connectivity index (χ3n) is 4.21. The number of hydrogen-bond acceptors (Lipinski definition) is 3. The summed E-state index contributed by atoms with van der Waals surface area (Å²) < 4.78 is 0. The first kappa shape index (κ1) is 14.6. The van der Waals surface area contributed by atoms with Crippen molar-refractivity contribution in [3.8, 4) is 0 Å². The normalized spacial score (nSPS) is 17.5. The number of anilines is 1. The fourth-order valence-corrected chi connectivity index (χ4v) is 3.02. The van der Waals surface area contributed by atoms with Gasteiger partial charge in [0.15, 0.2) is 0 Å². The van der Waals surface area contributed by atoms with Crippen LogP contribution < -0.4 is 4.90 Å². The second-order valence-corrected chi connectivity index (χ2v) is 5.88. The quantitative estimate of drug-likeness (QED) is 0.873. The Morgan fingerprint density at radius 1 is 1.23 bits per heavy atom. The number of likely N-dealkylation sites (tertiary alicyclic amines) is 1. The molecule has 4 nitrogen and oxygen atoms in total. The van der Waals surface area contributed by atoms with E-state index in [0.29, 0.717) is 0 Å². The molecule has 1 atom stereocenters. The summed E-state index contributed by atoms with van der Waals surface area (Å²) in [6, 6.07) is 12.0. The molecule has 1 aliphatic rings. The summed E-state index contributed by atoms with van der Waals surface area (Å²) >= 11 is 0. The van der Waals surface area contributed by atoms with E-state index in [9.17, 15) is 4.79 Å². The number of amides is 1. The van der Waals surface area contributed by atoms with Crippen molar-refractivity contribution >= 4 is 11.6 Å². The molecule has 1 fully saturated rings. The Morgan fingerprint density at radius 3 is 2.73 bits per heavy atom. The highest BCUT2D eigenvalue weighted by molar-refractivity contribution is 5.95. The van der Waals surface area contributed by atoms with Crippen molar-refractivity contribution in [3.63, 3.8) is 0 Å². The predicted molar refractivity (Wildman–Crippen MR) is 88.0 cm³/mol. The number of hydrogen-bond donors (Lipinski definition) is 0. The van der Waals surface area contributed by atoms with Crippen LogP contribution >= 0.6 is 0 Å². The van der Waals surface area contributed by atoms with E-state index in [1.807, 2.05) is 60.3 Å². The van der Waals surface area contributed by atoms with Gasteiger partial charge in [-0.2, -0.15) is 0 Å². The van der Waals surface area contributed by atoms with Gasteiger partial charge in [-0.05, 0) is 48.7 Å². The van der Waals surface area contributed by atoms with Crippen LogP contribution in [0, 0.1) is 0 Å². The topological polar surface area (TPSA) is 36.4 Å². The lowest BCUT2D eigenvalue weighted by Gasteiger charge is -2.25. The summed E-state index contributed by atoms with van der Waals surface area (Å²) in [5.41, 5.74) is 2.97. The van der Waals surface area contributed by atoms with Gasteiger partial charge in [-0.1, -0.05) is 6.07 Å². The van der Waals surface area contributed by atoms with Crippen LogP contribution in [0.5, 0.6) is 0 Å². The molecule has 2 heterocycles. The first-order chi connectivity index (χ1) is 10.7. The van der Waals surface area contributed by atoms with Gasteiger partial charge in [0.1, 0.15) is 0 Å². The number of carbonyl (C=O) groups excluding carboxylic acids is 1. The Balaban J connectivity index is 1.86. The lowest BCUT2D eigenvalue weighted by Crippen LogP contribution is -2.30. The minimum absolute atomic E-state index is 0.114. The molecule has 3 rings (SSSR count). The highest BCUT2D eigenvalue weighted by atomic mass is 16.2. The largest absolute Gasteiger partial charge is 0.378 e. The third kappa shape index (κ3) is 2.82. The van der Waals surface area contributed by atoms with Gasteiger partial charge in [0.25, 0.3) is 5.91 Å². The van der Waals surface area contributed by atoms with Crippen molar-refractivity contribution in [1.29, 1.82) is 0 Å². The minimum Gasteiger partial charge on any atom is -0.378 e. The molecule has 1 aliphatic heterocycles. The number of nitrogens with zero attached hydrogens (tertiary/aromatic N) is 3. The lowest BCUT2D eigenvalue weighted by atomic mass is 10.1. The number of aromatic nitrogens is 1. The van der Waals surface area contributed by atoms with Gasteiger partial charge in [0.05, 0.1) is 6.04 Å². The maximum atomic E-state index is 12.9. The second-order valence-electron chi connectivity index (χ2n) is 5.88.